The van der Waals surface area contributed by atoms with Gasteiger partial charge in [0.1, 0.15) is 17.5 Å². The number of rotatable bonds is 3. The van der Waals surface area contributed by atoms with Crippen LogP contribution in [0.5, 0.6) is 5.75 Å². The van der Waals surface area contributed by atoms with Gasteiger partial charge in [-0.2, -0.15) is 5.26 Å². The summed E-state index contributed by atoms with van der Waals surface area (Å²) in [5.41, 5.74) is 0.136. The molecule has 3 rings (SSSR count). The minimum absolute atomic E-state index is 0.0338. The first-order valence-corrected chi connectivity index (χ1v) is 10.2. The Balaban J connectivity index is 2.16. The smallest absolute Gasteiger partial charge is 0.325 e. The maximum atomic E-state index is 12.4. The molecule has 7 nitrogen and oxygen atoms in total. The Labute approximate surface area is 146 Å². The van der Waals surface area contributed by atoms with Gasteiger partial charge in [0.2, 0.25) is 5.91 Å². The van der Waals surface area contributed by atoms with Crippen molar-refractivity contribution in [3.05, 3.63) is 29.3 Å². The molecular formula is C17H21N2O5P. The van der Waals surface area contributed by atoms with Crippen LogP contribution in [0.15, 0.2) is 18.2 Å². The van der Waals surface area contributed by atoms with Crippen molar-refractivity contribution in [1.82, 2.24) is 4.90 Å². The maximum Gasteiger partial charge on any atom is 0.325 e. The third-order valence-electron chi connectivity index (χ3n) is 4.56. The zero-order valence-electron chi connectivity index (χ0n) is 14.4. The number of carbonyl (C=O) groups excluding carboxylic acids is 1. The quantitative estimate of drug-likeness (QED) is 0.828. The lowest BCUT2D eigenvalue weighted by atomic mass is 9.85. The molecule has 1 fully saturated rings. The Bertz CT molecular complexity index is 795. The van der Waals surface area contributed by atoms with Gasteiger partial charge in [-0.3, -0.25) is 13.9 Å². The number of hydrogen-bond acceptors (Lipinski definition) is 5. The number of likely N-dealkylation sites (tertiary alicyclic amines) is 1. The fourth-order valence-electron chi connectivity index (χ4n) is 3.52. The summed E-state index contributed by atoms with van der Waals surface area (Å²) in [4.78, 5) is 23.9. The summed E-state index contributed by atoms with van der Waals surface area (Å²) in [6, 6.07) is 6.51. The van der Waals surface area contributed by atoms with Gasteiger partial charge in [-0.1, -0.05) is 0 Å². The lowest BCUT2D eigenvalue weighted by Crippen LogP contribution is -2.54. The molecular weight excluding hydrogens is 343 g/mol. The van der Waals surface area contributed by atoms with E-state index in [0.29, 0.717) is 29.8 Å². The lowest BCUT2D eigenvalue weighted by Gasteiger charge is -2.47. The number of ether oxygens (including phenoxy) is 1. The molecule has 0 bridgehead atoms. The van der Waals surface area contributed by atoms with E-state index in [1.54, 1.807) is 36.9 Å². The van der Waals surface area contributed by atoms with Gasteiger partial charge < -0.3 is 14.5 Å². The summed E-state index contributed by atoms with van der Waals surface area (Å²) in [5.74, 6) is 0.519. The average molecular weight is 364 g/mol. The van der Waals surface area contributed by atoms with Crippen molar-refractivity contribution in [3.63, 3.8) is 0 Å². The van der Waals surface area contributed by atoms with E-state index in [2.05, 4.69) is 6.07 Å². The second kappa shape index (κ2) is 6.14. The standard InChI is InChI=1S/C17H21N2O5P/c1-17(2)16(24-25(3,21)22)15(19-8-4-5-14(19)20)12-9-11(10-18)6-7-13(12)23-17/h6-7,9,15-16H,4-5,8H2,1-3H3,(H,21,22)/t15-,16-/m0/s1. The SMILES string of the molecule is CC1(C)Oc2ccc(C#N)cc2[C@H](N2CCCC2=O)[C@@H]1OP(C)(=O)O. The van der Waals surface area contributed by atoms with E-state index >= 15 is 0 Å². The molecule has 25 heavy (non-hydrogen) atoms. The first kappa shape index (κ1) is 17.9. The number of nitrogens with zero attached hydrogens (tertiary/aromatic N) is 2. The Morgan fingerprint density at radius 1 is 1.48 bits per heavy atom. The third kappa shape index (κ3) is 3.43. The molecule has 2 aliphatic rings. The van der Waals surface area contributed by atoms with E-state index < -0.39 is 25.3 Å². The van der Waals surface area contributed by atoms with Crippen LogP contribution in [0.2, 0.25) is 0 Å². The monoisotopic (exact) mass is 364 g/mol. The number of benzene rings is 1. The zero-order chi connectivity index (χ0) is 18.4. The van der Waals surface area contributed by atoms with Gasteiger partial charge in [-0.15, -0.1) is 0 Å². The summed E-state index contributed by atoms with van der Waals surface area (Å²) in [6.45, 7) is 5.19. The molecule has 0 radical (unpaired) electrons. The molecule has 1 unspecified atom stereocenters. The molecule has 3 atom stereocenters. The maximum absolute atomic E-state index is 12.4. The molecule has 1 aromatic rings. The fourth-order valence-corrected chi connectivity index (χ4v) is 4.31. The van der Waals surface area contributed by atoms with Crippen LogP contribution in [0.25, 0.3) is 0 Å². The highest BCUT2D eigenvalue weighted by Gasteiger charge is 2.51. The topological polar surface area (TPSA) is 99.9 Å². The number of carbonyl (C=O) groups is 1. The molecule has 134 valence electrons. The molecule has 0 spiro atoms. The molecule has 8 heteroatoms. The number of nitriles is 1. The van der Waals surface area contributed by atoms with E-state index in [1.807, 2.05) is 0 Å². The summed E-state index contributed by atoms with van der Waals surface area (Å²) in [6.07, 6.45) is 0.317. The Morgan fingerprint density at radius 2 is 2.20 bits per heavy atom. The summed E-state index contributed by atoms with van der Waals surface area (Å²) < 4.78 is 23.5. The van der Waals surface area contributed by atoms with Crippen molar-refractivity contribution in [2.45, 2.75) is 44.4 Å². The van der Waals surface area contributed by atoms with Gasteiger partial charge in [-0.25, -0.2) is 0 Å². The fraction of sp³-hybridized carbons (Fsp3) is 0.529. The van der Waals surface area contributed by atoms with Crippen LogP contribution in [-0.4, -0.2) is 40.6 Å². The van der Waals surface area contributed by atoms with Crippen molar-refractivity contribution < 1.29 is 23.5 Å². The molecule has 1 saturated heterocycles. The zero-order valence-corrected chi connectivity index (χ0v) is 15.3. The summed E-state index contributed by atoms with van der Waals surface area (Å²) in [7, 11) is -3.83. The predicted octanol–water partition coefficient (Wildman–Crippen LogP) is 2.59. The first-order valence-electron chi connectivity index (χ1n) is 8.13. The minimum atomic E-state index is -3.83. The highest BCUT2D eigenvalue weighted by atomic mass is 31.2. The third-order valence-corrected chi connectivity index (χ3v) is 5.18. The normalized spacial score (nSPS) is 27.2. The van der Waals surface area contributed by atoms with Crippen molar-refractivity contribution in [3.8, 4) is 11.8 Å². The molecule has 1 N–H and O–H groups in total. The van der Waals surface area contributed by atoms with E-state index in [4.69, 9.17) is 9.26 Å². The van der Waals surface area contributed by atoms with Gasteiger partial charge in [0.05, 0.1) is 17.7 Å². The predicted molar refractivity (Wildman–Crippen MR) is 90.2 cm³/mol. The van der Waals surface area contributed by atoms with Gasteiger partial charge in [-0.05, 0) is 38.5 Å². The molecule has 2 heterocycles. The second-order valence-electron chi connectivity index (χ2n) is 7.03. The largest absolute Gasteiger partial charge is 0.485 e. The Kier molecular flexibility index (Phi) is 4.40. The molecule has 0 aromatic heterocycles. The van der Waals surface area contributed by atoms with Crippen molar-refractivity contribution in [2.24, 2.45) is 0 Å². The van der Waals surface area contributed by atoms with E-state index in [9.17, 15) is 19.5 Å². The number of hydrogen-bond donors (Lipinski definition) is 1. The molecule has 2 aliphatic heterocycles. The summed E-state index contributed by atoms with van der Waals surface area (Å²) in [5, 5.41) is 9.21. The van der Waals surface area contributed by atoms with E-state index in [0.717, 1.165) is 13.1 Å². The average Bonchev–Trinajstić information content (AvgIpc) is 2.92. The van der Waals surface area contributed by atoms with Gasteiger partial charge in [0.25, 0.3) is 0 Å². The molecule has 1 amide bonds. The van der Waals surface area contributed by atoms with Crippen LogP contribution >= 0.6 is 7.60 Å². The second-order valence-corrected chi connectivity index (χ2v) is 8.85. The minimum Gasteiger partial charge on any atom is -0.485 e. The van der Waals surface area contributed by atoms with Crippen LogP contribution < -0.4 is 4.74 Å². The van der Waals surface area contributed by atoms with Crippen LogP contribution in [-0.2, 0) is 13.9 Å². The Hall–Kier alpha value is -1.87. The van der Waals surface area contributed by atoms with Crippen molar-refractivity contribution in [1.29, 1.82) is 5.26 Å². The molecule has 1 aromatic carbocycles. The van der Waals surface area contributed by atoms with Crippen LogP contribution in [0.1, 0.15) is 43.9 Å². The van der Waals surface area contributed by atoms with Gasteiger partial charge >= 0.3 is 7.60 Å². The van der Waals surface area contributed by atoms with E-state index in [-0.39, 0.29) is 5.91 Å². The van der Waals surface area contributed by atoms with E-state index in [1.165, 1.54) is 0 Å². The van der Waals surface area contributed by atoms with Crippen molar-refractivity contribution in [2.75, 3.05) is 13.2 Å². The van der Waals surface area contributed by atoms with Crippen LogP contribution in [0, 0.1) is 11.3 Å². The highest BCUT2D eigenvalue weighted by Crippen LogP contribution is 2.51. The summed E-state index contributed by atoms with van der Waals surface area (Å²) >= 11 is 0. The number of amides is 1. The van der Waals surface area contributed by atoms with Gasteiger partial charge in [0, 0.05) is 25.2 Å². The Morgan fingerprint density at radius 3 is 2.76 bits per heavy atom. The van der Waals surface area contributed by atoms with Crippen LogP contribution in [0.4, 0.5) is 0 Å². The molecule has 0 aliphatic carbocycles. The van der Waals surface area contributed by atoms with Gasteiger partial charge in [0.15, 0.2) is 0 Å². The van der Waals surface area contributed by atoms with Crippen molar-refractivity contribution >= 4 is 13.5 Å². The number of fused-ring (bicyclic) bond motifs is 1. The highest BCUT2D eigenvalue weighted by molar-refractivity contribution is 7.51. The van der Waals surface area contributed by atoms with Crippen LogP contribution in [0.3, 0.4) is 0 Å². The molecule has 0 saturated carbocycles. The lowest BCUT2D eigenvalue weighted by molar-refractivity contribution is -0.138. The first-order chi connectivity index (χ1) is 11.6.